The van der Waals surface area contributed by atoms with Crippen LogP contribution in [0.3, 0.4) is 0 Å². The summed E-state index contributed by atoms with van der Waals surface area (Å²) in [5.74, 6) is -1.83. The summed E-state index contributed by atoms with van der Waals surface area (Å²) < 4.78 is 19.3. The van der Waals surface area contributed by atoms with Crippen LogP contribution in [0, 0.1) is 5.82 Å². The van der Waals surface area contributed by atoms with Gasteiger partial charge < -0.3 is 20.1 Å². The smallest absolute Gasteiger partial charge is 0.335 e. The van der Waals surface area contributed by atoms with Gasteiger partial charge in [0.05, 0.1) is 23.5 Å². The fourth-order valence-corrected chi connectivity index (χ4v) is 2.73. The minimum Gasteiger partial charge on any atom is -0.478 e. The van der Waals surface area contributed by atoms with Gasteiger partial charge in [0, 0.05) is 13.1 Å². The van der Waals surface area contributed by atoms with E-state index in [4.69, 9.17) is 9.84 Å². The summed E-state index contributed by atoms with van der Waals surface area (Å²) in [6.45, 7) is 0.950. The second kappa shape index (κ2) is 5.33. The van der Waals surface area contributed by atoms with E-state index in [0.29, 0.717) is 13.1 Å². The number of carboxylic acid groups (broad SMARTS) is 1. The second-order valence-corrected chi connectivity index (χ2v) is 5.29. The van der Waals surface area contributed by atoms with E-state index in [0.717, 1.165) is 31.0 Å². The van der Waals surface area contributed by atoms with Crippen molar-refractivity contribution in [1.29, 1.82) is 0 Å². The third-order valence-electron chi connectivity index (χ3n) is 3.79. The van der Waals surface area contributed by atoms with Gasteiger partial charge in [-0.2, -0.15) is 0 Å². The molecule has 2 N–H and O–H groups in total. The maximum atomic E-state index is 13.7. The number of carbonyl (C=O) groups excluding carboxylic acids is 1. The number of hydrogen-bond acceptors (Lipinski definition) is 3. The molecule has 0 spiro atoms. The molecule has 1 aromatic rings. The van der Waals surface area contributed by atoms with Crippen LogP contribution < -0.4 is 5.32 Å². The van der Waals surface area contributed by atoms with E-state index < -0.39 is 17.8 Å². The van der Waals surface area contributed by atoms with E-state index in [9.17, 15) is 14.0 Å². The van der Waals surface area contributed by atoms with Crippen LogP contribution in [0.4, 0.5) is 14.9 Å². The van der Waals surface area contributed by atoms with Crippen molar-refractivity contribution in [3.63, 3.8) is 0 Å². The molecule has 0 aromatic heterocycles. The molecule has 3 rings (SSSR count). The van der Waals surface area contributed by atoms with E-state index >= 15 is 0 Å². The Morgan fingerprint density at radius 2 is 1.95 bits per heavy atom. The van der Waals surface area contributed by atoms with E-state index in [1.807, 2.05) is 0 Å². The molecular weight excluding hydrogens is 279 g/mol. The molecule has 2 unspecified atom stereocenters. The van der Waals surface area contributed by atoms with Crippen molar-refractivity contribution >= 4 is 17.7 Å². The summed E-state index contributed by atoms with van der Waals surface area (Å²) in [6.07, 6.45) is 1.95. The van der Waals surface area contributed by atoms with Crippen LogP contribution in [-0.4, -0.2) is 47.3 Å². The highest BCUT2D eigenvalue weighted by molar-refractivity contribution is 5.93. The van der Waals surface area contributed by atoms with Gasteiger partial charge in [0.2, 0.25) is 0 Å². The lowest BCUT2D eigenvalue weighted by Gasteiger charge is -2.32. The normalized spacial score (nSPS) is 24.0. The maximum absolute atomic E-state index is 13.7. The fraction of sp³-hybridized carbons (Fsp3) is 0.429. The van der Waals surface area contributed by atoms with Crippen LogP contribution in [0.25, 0.3) is 0 Å². The minimum atomic E-state index is -1.17. The largest absolute Gasteiger partial charge is 0.478 e. The maximum Gasteiger partial charge on any atom is 0.335 e. The highest BCUT2D eigenvalue weighted by atomic mass is 19.1. The molecule has 0 aliphatic carbocycles. The average Bonchev–Trinajstić information content (AvgIpc) is 2.79. The molecule has 21 heavy (non-hydrogen) atoms. The van der Waals surface area contributed by atoms with Crippen molar-refractivity contribution in [2.45, 2.75) is 25.0 Å². The number of amides is 2. The van der Waals surface area contributed by atoms with Crippen LogP contribution in [0.15, 0.2) is 18.2 Å². The Bertz CT molecular complexity index is 580. The van der Waals surface area contributed by atoms with Gasteiger partial charge in [-0.25, -0.2) is 14.0 Å². The molecule has 2 atom stereocenters. The van der Waals surface area contributed by atoms with Gasteiger partial charge in [-0.15, -0.1) is 0 Å². The number of likely N-dealkylation sites (tertiary alicyclic amines) is 1. The molecule has 2 saturated heterocycles. The number of halogens is 1. The summed E-state index contributed by atoms with van der Waals surface area (Å²) in [5.41, 5.74) is -0.201. The van der Waals surface area contributed by atoms with Gasteiger partial charge in [-0.1, -0.05) is 0 Å². The fourth-order valence-electron chi connectivity index (χ4n) is 2.73. The molecule has 7 heteroatoms. The van der Waals surface area contributed by atoms with E-state index in [1.54, 1.807) is 4.90 Å². The zero-order valence-electron chi connectivity index (χ0n) is 11.2. The number of hydrogen-bond donors (Lipinski definition) is 2. The summed E-state index contributed by atoms with van der Waals surface area (Å²) in [4.78, 5) is 24.6. The molecule has 2 heterocycles. The number of benzene rings is 1. The second-order valence-electron chi connectivity index (χ2n) is 5.29. The standard InChI is InChI=1S/C14H15FN2O4/c15-11-4-1-8(13(18)19)5-12(11)16-14(20)17-6-9-2-3-10(7-17)21-9/h1,4-5,9-10H,2-3,6-7H2,(H,16,20)(H,18,19). The lowest BCUT2D eigenvalue weighted by Crippen LogP contribution is -2.47. The number of urea groups is 1. The van der Waals surface area contributed by atoms with E-state index in [2.05, 4.69) is 5.32 Å². The van der Waals surface area contributed by atoms with Gasteiger partial charge in [-0.3, -0.25) is 0 Å². The molecule has 2 aliphatic rings. The molecule has 112 valence electrons. The van der Waals surface area contributed by atoms with Crippen molar-refractivity contribution in [1.82, 2.24) is 4.90 Å². The number of carbonyl (C=O) groups is 2. The van der Waals surface area contributed by atoms with E-state index in [-0.39, 0.29) is 23.5 Å². The van der Waals surface area contributed by atoms with Crippen molar-refractivity contribution in [2.24, 2.45) is 0 Å². The summed E-state index contributed by atoms with van der Waals surface area (Å²) in [5, 5.41) is 11.3. The molecule has 0 saturated carbocycles. The molecule has 1 aromatic carbocycles. The van der Waals surface area contributed by atoms with Crippen LogP contribution in [0.1, 0.15) is 23.2 Å². The molecule has 2 amide bonds. The SMILES string of the molecule is O=C(O)c1ccc(F)c(NC(=O)N2CC3CCC(C2)O3)c1. The Hall–Kier alpha value is -2.15. The van der Waals surface area contributed by atoms with Crippen molar-refractivity contribution in [3.8, 4) is 0 Å². The number of carboxylic acids is 1. The van der Waals surface area contributed by atoms with Crippen molar-refractivity contribution in [3.05, 3.63) is 29.6 Å². The number of aromatic carboxylic acids is 1. The number of ether oxygens (including phenoxy) is 1. The summed E-state index contributed by atoms with van der Waals surface area (Å²) in [6, 6.07) is 2.87. The highest BCUT2D eigenvalue weighted by Crippen LogP contribution is 2.27. The van der Waals surface area contributed by atoms with Crippen LogP contribution in [0.5, 0.6) is 0 Å². The van der Waals surface area contributed by atoms with Crippen LogP contribution >= 0.6 is 0 Å². The Morgan fingerprint density at radius 1 is 1.29 bits per heavy atom. The third-order valence-corrected chi connectivity index (χ3v) is 3.79. The lowest BCUT2D eigenvalue weighted by atomic mass is 10.2. The first-order valence-electron chi connectivity index (χ1n) is 6.77. The molecule has 0 radical (unpaired) electrons. The Balaban J connectivity index is 1.72. The molecule has 2 aliphatic heterocycles. The number of nitrogens with zero attached hydrogens (tertiary/aromatic N) is 1. The summed E-state index contributed by atoms with van der Waals surface area (Å²) >= 11 is 0. The summed E-state index contributed by atoms with van der Waals surface area (Å²) in [7, 11) is 0. The van der Waals surface area contributed by atoms with Crippen molar-refractivity contribution in [2.75, 3.05) is 18.4 Å². The van der Waals surface area contributed by atoms with Crippen LogP contribution in [0.2, 0.25) is 0 Å². The minimum absolute atomic E-state index is 0.0460. The average molecular weight is 294 g/mol. The predicted molar refractivity (Wildman–Crippen MR) is 71.8 cm³/mol. The molecule has 2 bridgehead atoms. The highest BCUT2D eigenvalue weighted by Gasteiger charge is 2.35. The third kappa shape index (κ3) is 2.82. The van der Waals surface area contributed by atoms with Gasteiger partial charge in [0.25, 0.3) is 0 Å². The molecule has 2 fully saturated rings. The number of rotatable bonds is 2. The Labute approximate surface area is 120 Å². The number of anilines is 1. The number of morpholine rings is 1. The predicted octanol–water partition coefficient (Wildman–Crippen LogP) is 1.92. The Morgan fingerprint density at radius 3 is 2.57 bits per heavy atom. The van der Waals surface area contributed by atoms with Gasteiger partial charge in [-0.05, 0) is 31.0 Å². The first-order valence-corrected chi connectivity index (χ1v) is 6.77. The van der Waals surface area contributed by atoms with Crippen molar-refractivity contribution < 1.29 is 23.8 Å². The topological polar surface area (TPSA) is 78.9 Å². The van der Waals surface area contributed by atoms with Gasteiger partial charge in [0.1, 0.15) is 5.82 Å². The quantitative estimate of drug-likeness (QED) is 0.873. The zero-order valence-corrected chi connectivity index (χ0v) is 11.2. The van der Waals surface area contributed by atoms with Crippen LogP contribution in [-0.2, 0) is 4.74 Å². The van der Waals surface area contributed by atoms with E-state index in [1.165, 1.54) is 0 Å². The number of nitrogens with one attached hydrogen (secondary N) is 1. The molecule has 6 nitrogen and oxygen atoms in total. The van der Waals surface area contributed by atoms with Gasteiger partial charge >= 0.3 is 12.0 Å². The lowest BCUT2D eigenvalue weighted by molar-refractivity contribution is -0.0219. The number of fused-ring (bicyclic) bond motifs is 2. The first-order chi connectivity index (χ1) is 10.0. The first kappa shape index (κ1) is 13.8. The van der Waals surface area contributed by atoms with Gasteiger partial charge in [0.15, 0.2) is 0 Å². The Kier molecular flexibility index (Phi) is 3.50. The zero-order chi connectivity index (χ0) is 15.0. The molecular formula is C14H15FN2O4. The monoisotopic (exact) mass is 294 g/mol.